The average Bonchev–Trinajstić information content (AvgIpc) is 3.12. The number of amides is 3. The highest BCUT2D eigenvalue weighted by Gasteiger charge is 2.35. The largest absolute Gasteiger partial charge is 0.355 e. The van der Waals surface area contributed by atoms with Crippen LogP contribution >= 0.6 is 11.3 Å². The Balaban J connectivity index is 1.63. The second-order valence-corrected chi connectivity index (χ2v) is 7.30. The quantitative estimate of drug-likeness (QED) is 0.784. The maximum absolute atomic E-state index is 12.3. The van der Waals surface area contributed by atoms with E-state index in [4.69, 9.17) is 0 Å². The number of hydrogen-bond acceptors (Lipinski definition) is 5. The number of aromatic nitrogens is 1. The fraction of sp³-hybridized carbons (Fsp3) is 0.412. The van der Waals surface area contributed by atoms with Crippen molar-refractivity contribution in [3.8, 4) is 0 Å². The molecule has 2 N–H and O–H groups in total. The third kappa shape index (κ3) is 3.96. The zero-order valence-corrected chi connectivity index (χ0v) is 15.0. The van der Waals surface area contributed by atoms with Crippen molar-refractivity contribution >= 4 is 45.0 Å². The second-order valence-electron chi connectivity index (χ2n) is 6.06. The first-order valence-electron chi connectivity index (χ1n) is 8.14. The third-order valence-corrected chi connectivity index (χ3v) is 5.04. The van der Waals surface area contributed by atoms with E-state index in [1.54, 1.807) is 16.2 Å². The minimum Gasteiger partial charge on any atom is -0.355 e. The normalized spacial score (nSPS) is 17.1. The van der Waals surface area contributed by atoms with Gasteiger partial charge in [-0.25, -0.2) is 4.98 Å². The van der Waals surface area contributed by atoms with Crippen LogP contribution in [0.3, 0.4) is 0 Å². The Morgan fingerprint density at radius 3 is 2.84 bits per heavy atom. The number of carbonyl (C=O) groups is 3. The highest BCUT2D eigenvalue weighted by atomic mass is 32.1. The summed E-state index contributed by atoms with van der Waals surface area (Å²) >= 11 is 1.61. The molecule has 1 saturated heterocycles. The van der Waals surface area contributed by atoms with Crippen LogP contribution in [0.15, 0.2) is 18.2 Å². The Morgan fingerprint density at radius 1 is 1.32 bits per heavy atom. The van der Waals surface area contributed by atoms with E-state index in [1.807, 2.05) is 25.1 Å². The first-order chi connectivity index (χ1) is 11.9. The predicted molar refractivity (Wildman–Crippen MR) is 96.5 cm³/mol. The molecule has 1 aliphatic rings. The van der Waals surface area contributed by atoms with Gasteiger partial charge in [-0.3, -0.25) is 14.4 Å². The van der Waals surface area contributed by atoms with Gasteiger partial charge in [0.2, 0.25) is 17.7 Å². The zero-order valence-electron chi connectivity index (χ0n) is 14.2. The molecule has 1 atom stereocenters. The third-order valence-electron chi connectivity index (χ3n) is 4.08. The fourth-order valence-electron chi connectivity index (χ4n) is 2.90. The molecule has 0 saturated carbocycles. The Hall–Kier alpha value is -2.48. The van der Waals surface area contributed by atoms with Crippen molar-refractivity contribution in [1.82, 2.24) is 15.6 Å². The number of hydrogen-bond donors (Lipinski definition) is 2. The van der Waals surface area contributed by atoms with Crippen LogP contribution in [0.2, 0.25) is 0 Å². The molecular weight excluding hydrogens is 340 g/mol. The summed E-state index contributed by atoms with van der Waals surface area (Å²) in [5.41, 5.74) is 1.65. The number of thiazole rings is 1. The van der Waals surface area contributed by atoms with E-state index in [0.717, 1.165) is 20.9 Å². The van der Waals surface area contributed by atoms with Gasteiger partial charge in [-0.1, -0.05) is 0 Å². The van der Waals surface area contributed by atoms with Crippen molar-refractivity contribution in [3.63, 3.8) is 0 Å². The van der Waals surface area contributed by atoms with Crippen molar-refractivity contribution in [2.45, 2.75) is 20.3 Å². The Morgan fingerprint density at radius 2 is 2.08 bits per heavy atom. The van der Waals surface area contributed by atoms with Gasteiger partial charge >= 0.3 is 0 Å². The summed E-state index contributed by atoms with van der Waals surface area (Å²) in [5, 5.41) is 6.36. The monoisotopic (exact) mass is 360 g/mol. The lowest BCUT2D eigenvalue weighted by atomic mass is 10.1. The molecule has 1 aliphatic heterocycles. The number of carbonyl (C=O) groups excluding carboxylic acids is 3. The number of nitrogens with zero attached hydrogens (tertiary/aromatic N) is 2. The van der Waals surface area contributed by atoms with Crippen molar-refractivity contribution in [1.29, 1.82) is 0 Å². The van der Waals surface area contributed by atoms with Crippen LogP contribution in [0, 0.1) is 12.8 Å². The molecule has 3 amide bonds. The minimum atomic E-state index is -0.377. The predicted octanol–water partition coefficient (Wildman–Crippen LogP) is 1.21. The molecule has 132 valence electrons. The van der Waals surface area contributed by atoms with Crippen LogP contribution < -0.4 is 15.5 Å². The second kappa shape index (κ2) is 7.18. The Bertz CT molecular complexity index is 832. The molecule has 0 radical (unpaired) electrons. The van der Waals surface area contributed by atoms with E-state index >= 15 is 0 Å². The Kier molecular flexibility index (Phi) is 4.98. The van der Waals surface area contributed by atoms with Gasteiger partial charge in [-0.2, -0.15) is 0 Å². The van der Waals surface area contributed by atoms with Gasteiger partial charge in [0.1, 0.15) is 0 Å². The van der Waals surface area contributed by atoms with Crippen LogP contribution in [0.25, 0.3) is 10.2 Å². The van der Waals surface area contributed by atoms with Crippen LogP contribution in [0.1, 0.15) is 18.4 Å². The molecular formula is C17H20N4O3S. The maximum Gasteiger partial charge on any atom is 0.227 e. The highest BCUT2D eigenvalue weighted by molar-refractivity contribution is 7.18. The van der Waals surface area contributed by atoms with E-state index in [-0.39, 0.29) is 30.1 Å². The molecule has 0 bridgehead atoms. The number of nitrogens with one attached hydrogen (secondary N) is 2. The molecule has 25 heavy (non-hydrogen) atoms. The summed E-state index contributed by atoms with van der Waals surface area (Å²) in [7, 11) is 0. The van der Waals surface area contributed by atoms with Gasteiger partial charge in [0, 0.05) is 38.7 Å². The van der Waals surface area contributed by atoms with E-state index < -0.39 is 0 Å². The van der Waals surface area contributed by atoms with Crippen LogP contribution in [-0.4, -0.2) is 42.3 Å². The van der Waals surface area contributed by atoms with Crippen molar-refractivity contribution in [2.75, 3.05) is 24.5 Å². The van der Waals surface area contributed by atoms with E-state index in [2.05, 4.69) is 15.6 Å². The minimum absolute atomic E-state index is 0.0617. The molecule has 2 aromatic rings. The highest BCUT2D eigenvalue weighted by Crippen LogP contribution is 2.30. The zero-order chi connectivity index (χ0) is 18.0. The van der Waals surface area contributed by atoms with E-state index in [0.29, 0.717) is 19.6 Å². The first kappa shape index (κ1) is 17.3. The van der Waals surface area contributed by atoms with Crippen molar-refractivity contribution in [3.05, 3.63) is 23.2 Å². The molecule has 7 nitrogen and oxygen atoms in total. The summed E-state index contributed by atoms with van der Waals surface area (Å²) in [6.07, 6.45) is 0.195. The van der Waals surface area contributed by atoms with Gasteiger partial charge < -0.3 is 15.5 Å². The van der Waals surface area contributed by atoms with Gasteiger partial charge in [-0.05, 0) is 25.1 Å². The molecule has 0 aliphatic carbocycles. The Labute approximate surface area is 149 Å². The molecule has 2 heterocycles. The number of anilines is 1. The van der Waals surface area contributed by atoms with Crippen molar-refractivity contribution < 1.29 is 14.4 Å². The topological polar surface area (TPSA) is 91.4 Å². The van der Waals surface area contributed by atoms with Crippen LogP contribution in [0.4, 0.5) is 5.69 Å². The SMILES string of the molecule is CC(=O)NCCNC(=O)C1CC(=O)N(c2ccc3sc(C)nc3c2)C1. The fourth-order valence-corrected chi connectivity index (χ4v) is 3.71. The van der Waals surface area contributed by atoms with E-state index in [9.17, 15) is 14.4 Å². The molecule has 8 heteroatoms. The van der Waals surface area contributed by atoms with E-state index in [1.165, 1.54) is 6.92 Å². The molecule has 0 spiro atoms. The summed E-state index contributed by atoms with van der Waals surface area (Å²) in [4.78, 5) is 41.4. The van der Waals surface area contributed by atoms with Crippen LogP contribution in [-0.2, 0) is 14.4 Å². The number of rotatable bonds is 5. The summed E-state index contributed by atoms with van der Waals surface area (Å²) in [5.74, 6) is -0.734. The number of benzene rings is 1. The maximum atomic E-state index is 12.3. The van der Waals surface area contributed by atoms with Crippen LogP contribution in [0.5, 0.6) is 0 Å². The number of fused-ring (bicyclic) bond motifs is 1. The van der Waals surface area contributed by atoms with Gasteiger partial charge in [0.05, 0.1) is 21.1 Å². The lowest BCUT2D eigenvalue weighted by Gasteiger charge is -2.16. The molecule has 1 aromatic carbocycles. The molecule has 1 aromatic heterocycles. The van der Waals surface area contributed by atoms with Gasteiger partial charge in [0.25, 0.3) is 0 Å². The standard InChI is InChI=1S/C17H20N4O3S/c1-10(22)18-5-6-19-17(24)12-7-16(23)21(9-12)13-3-4-15-14(8-13)20-11(2)25-15/h3-4,8,12H,5-7,9H2,1-2H3,(H,18,22)(H,19,24). The average molecular weight is 360 g/mol. The van der Waals surface area contributed by atoms with Gasteiger partial charge in [-0.15, -0.1) is 11.3 Å². The molecule has 1 unspecified atom stereocenters. The molecule has 1 fully saturated rings. The van der Waals surface area contributed by atoms with Crippen molar-refractivity contribution in [2.24, 2.45) is 5.92 Å². The smallest absolute Gasteiger partial charge is 0.227 e. The van der Waals surface area contributed by atoms with Gasteiger partial charge in [0.15, 0.2) is 0 Å². The summed E-state index contributed by atoms with van der Waals surface area (Å²) in [6, 6.07) is 5.76. The number of aryl methyl sites for hydroxylation is 1. The first-order valence-corrected chi connectivity index (χ1v) is 8.95. The lowest BCUT2D eigenvalue weighted by Crippen LogP contribution is -2.37. The lowest BCUT2D eigenvalue weighted by molar-refractivity contribution is -0.126. The molecule has 3 rings (SSSR count). The summed E-state index contributed by atoms with van der Waals surface area (Å²) in [6.45, 7) is 4.47. The summed E-state index contributed by atoms with van der Waals surface area (Å²) < 4.78 is 1.08.